The zero-order chi connectivity index (χ0) is 14.3. The van der Waals surface area contributed by atoms with Crippen LogP contribution in [0, 0.1) is 0 Å². The first-order valence-corrected chi connectivity index (χ1v) is 6.32. The van der Waals surface area contributed by atoms with Crippen LogP contribution in [0.1, 0.15) is 29.8 Å². The molecule has 1 aromatic rings. The molecule has 0 heterocycles. The van der Waals surface area contributed by atoms with E-state index in [1.165, 1.54) is 6.92 Å². The van der Waals surface area contributed by atoms with Crippen LogP contribution in [-0.4, -0.2) is 41.5 Å². The maximum atomic E-state index is 12.1. The molecule has 1 rings (SSSR count). The van der Waals surface area contributed by atoms with E-state index in [0.29, 0.717) is 25.2 Å². The van der Waals surface area contributed by atoms with Gasteiger partial charge in [-0.2, -0.15) is 0 Å². The zero-order valence-corrected chi connectivity index (χ0v) is 11.3. The zero-order valence-electron chi connectivity index (χ0n) is 11.3. The van der Waals surface area contributed by atoms with E-state index in [1.54, 1.807) is 17.0 Å². The topological polar surface area (TPSA) is 69.6 Å². The van der Waals surface area contributed by atoms with Crippen molar-refractivity contribution in [2.75, 3.05) is 19.7 Å². The van der Waals surface area contributed by atoms with Gasteiger partial charge in [-0.25, -0.2) is 0 Å². The lowest BCUT2D eigenvalue weighted by Crippen LogP contribution is -2.33. The van der Waals surface area contributed by atoms with E-state index < -0.39 is 0 Å². The van der Waals surface area contributed by atoms with E-state index in [1.807, 2.05) is 19.1 Å². The van der Waals surface area contributed by atoms with Crippen molar-refractivity contribution in [3.05, 3.63) is 35.4 Å². The summed E-state index contributed by atoms with van der Waals surface area (Å²) in [5.41, 5.74) is 1.53. The smallest absolute Gasteiger partial charge is 0.253 e. The van der Waals surface area contributed by atoms with Crippen LogP contribution >= 0.6 is 0 Å². The predicted octanol–water partition coefficient (Wildman–Crippen LogP) is 0.777. The molecular formula is C14H20N2O3. The summed E-state index contributed by atoms with van der Waals surface area (Å²) in [5, 5.41) is 11.6. The predicted molar refractivity (Wildman–Crippen MR) is 72.6 cm³/mol. The number of rotatable bonds is 6. The largest absolute Gasteiger partial charge is 0.395 e. The number of carbonyl (C=O) groups excluding carboxylic acids is 2. The molecule has 2 N–H and O–H groups in total. The Kier molecular flexibility index (Phi) is 6.02. The van der Waals surface area contributed by atoms with E-state index >= 15 is 0 Å². The van der Waals surface area contributed by atoms with E-state index in [-0.39, 0.29) is 18.4 Å². The Bertz CT molecular complexity index is 429. The standard InChI is InChI=1S/C14H20N2O3/c1-3-16(8-9-17)14(19)13-6-4-12(5-7-13)10-15-11(2)18/h4-7,17H,3,8-10H2,1-2H3,(H,15,18). The Morgan fingerprint density at radius 3 is 2.37 bits per heavy atom. The van der Waals surface area contributed by atoms with Gasteiger partial charge >= 0.3 is 0 Å². The summed E-state index contributed by atoms with van der Waals surface area (Å²) in [6.07, 6.45) is 0. The highest BCUT2D eigenvalue weighted by atomic mass is 16.3. The molecule has 0 fully saturated rings. The van der Waals surface area contributed by atoms with Crippen LogP contribution in [0.15, 0.2) is 24.3 Å². The molecule has 5 heteroatoms. The molecule has 0 aliphatic carbocycles. The molecule has 104 valence electrons. The van der Waals surface area contributed by atoms with E-state index in [4.69, 9.17) is 5.11 Å². The molecule has 2 amide bonds. The molecule has 1 aromatic carbocycles. The fourth-order valence-corrected chi connectivity index (χ4v) is 1.70. The third kappa shape index (κ3) is 4.71. The first-order valence-electron chi connectivity index (χ1n) is 6.32. The minimum atomic E-state index is -0.0948. The summed E-state index contributed by atoms with van der Waals surface area (Å²) in [7, 11) is 0. The van der Waals surface area contributed by atoms with E-state index in [0.717, 1.165) is 5.56 Å². The fraction of sp³-hybridized carbons (Fsp3) is 0.429. The van der Waals surface area contributed by atoms with Crippen LogP contribution < -0.4 is 5.32 Å². The minimum Gasteiger partial charge on any atom is -0.395 e. The summed E-state index contributed by atoms with van der Waals surface area (Å²) in [5.74, 6) is -0.178. The molecule has 0 bridgehead atoms. The van der Waals surface area contributed by atoms with Crippen LogP contribution in [-0.2, 0) is 11.3 Å². The van der Waals surface area contributed by atoms with Crippen molar-refractivity contribution < 1.29 is 14.7 Å². The number of hydrogen-bond donors (Lipinski definition) is 2. The van der Waals surface area contributed by atoms with Crippen LogP contribution in [0.4, 0.5) is 0 Å². The number of likely N-dealkylation sites (N-methyl/N-ethyl adjacent to an activating group) is 1. The number of aliphatic hydroxyl groups excluding tert-OH is 1. The Balaban J connectivity index is 2.69. The summed E-state index contributed by atoms with van der Waals surface area (Å²) in [6.45, 7) is 4.65. The van der Waals surface area contributed by atoms with Gasteiger partial charge in [0.05, 0.1) is 6.61 Å². The van der Waals surface area contributed by atoms with E-state index in [9.17, 15) is 9.59 Å². The van der Waals surface area contributed by atoms with Crippen LogP contribution in [0.25, 0.3) is 0 Å². The highest BCUT2D eigenvalue weighted by Crippen LogP contribution is 2.07. The first kappa shape index (κ1) is 15.2. The van der Waals surface area contributed by atoms with Gasteiger partial charge in [0.25, 0.3) is 5.91 Å². The molecule has 0 aliphatic rings. The second kappa shape index (κ2) is 7.53. The summed E-state index contributed by atoms with van der Waals surface area (Å²) < 4.78 is 0. The van der Waals surface area contributed by atoms with Crippen LogP contribution in [0.3, 0.4) is 0 Å². The van der Waals surface area contributed by atoms with Gasteiger partial charge in [0.15, 0.2) is 0 Å². The Morgan fingerprint density at radius 1 is 1.26 bits per heavy atom. The Morgan fingerprint density at radius 2 is 1.89 bits per heavy atom. The summed E-state index contributed by atoms with van der Waals surface area (Å²) in [6, 6.07) is 7.10. The van der Waals surface area contributed by atoms with Gasteiger partial charge in [-0.15, -0.1) is 0 Å². The Hall–Kier alpha value is -1.88. The molecular weight excluding hydrogens is 244 g/mol. The first-order chi connectivity index (χ1) is 9.08. The number of amides is 2. The maximum absolute atomic E-state index is 12.1. The van der Waals surface area contributed by atoms with Crippen molar-refractivity contribution in [3.63, 3.8) is 0 Å². The number of carbonyl (C=O) groups is 2. The molecule has 0 unspecified atom stereocenters. The fourth-order valence-electron chi connectivity index (χ4n) is 1.70. The molecule has 19 heavy (non-hydrogen) atoms. The molecule has 0 saturated carbocycles. The Labute approximate surface area is 113 Å². The average Bonchev–Trinajstić information content (AvgIpc) is 2.42. The number of aliphatic hydroxyl groups is 1. The number of nitrogens with one attached hydrogen (secondary N) is 1. The van der Waals surface area contributed by atoms with Gasteiger partial charge in [-0.3, -0.25) is 9.59 Å². The lowest BCUT2D eigenvalue weighted by molar-refractivity contribution is -0.119. The average molecular weight is 264 g/mol. The third-order valence-corrected chi connectivity index (χ3v) is 2.78. The van der Waals surface area contributed by atoms with Crippen molar-refractivity contribution in [1.29, 1.82) is 0 Å². The second-order valence-corrected chi connectivity index (χ2v) is 4.22. The van der Waals surface area contributed by atoms with Crippen molar-refractivity contribution in [2.24, 2.45) is 0 Å². The van der Waals surface area contributed by atoms with Crippen LogP contribution in [0.5, 0.6) is 0 Å². The van der Waals surface area contributed by atoms with Gasteiger partial charge < -0.3 is 15.3 Å². The van der Waals surface area contributed by atoms with Crippen molar-refractivity contribution in [3.8, 4) is 0 Å². The third-order valence-electron chi connectivity index (χ3n) is 2.78. The molecule has 0 spiro atoms. The number of hydrogen-bond acceptors (Lipinski definition) is 3. The summed E-state index contributed by atoms with van der Waals surface area (Å²) >= 11 is 0. The molecule has 0 atom stereocenters. The van der Waals surface area contributed by atoms with Crippen LogP contribution in [0.2, 0.25) is 0 Å². The normalized spacial score (nSPS) is 10.1. The number of nitrogens with zero attached hydrogens (tertiary/aromatic N) is 1. The molecule has 0 radical (unpaired) electrons. The van der Waals surface area contributed by atoms with Crippen molar-refractivity contribution in [2.45, 2.75) is 20.4 Å². The summed E-state index contributed by atoms with van der Waals surface area (Å²) in [4.78, 5) is 24.5. The number of benzene rings is 1. The van der Waals surface area contributed by atoms with Gasteiger partial charge in [0, 0.05) is 32.1 Å². The lowest BCUT2D eigenvalue weighted by Gasteiger charge is -2.19. The van der Waals surface area contributed by atoms with Gasteiger partial charge in [0.1, 0.15) is 0 Å². The van der Waals surface area contributed by atoms with E-state index in [2.05, 4.69) is 5.32 Å². The monoisotopic (exact) mass is 264 g/mol. The van der Waals surface area contributed by atoms with Gasteiger partial charge in [-0.1, -0.05) is 12.1 Å². The molecule has 0 aromatic heterocycles. The maximum Gasteiger partial charge on any atom is 0.253 e. The van der Waals surface area contributed by atoms with Crippen molar-refractivity contribution >= 4 is 11.8 Å². The van der Waals surface area contributed by atoms with Gasteiger partial charge in [0.2, 0.25) is 5.91 Å². The highest BCUT2D eigenvalue weighted by molar-refractivity contribution is 5.94. The lowest BCUT2D eigenvalue weighted by atomic mass is 10.1. The minimum absolute atomic E-state index is 0.0415. The quantitative estimate of drug-likeness (QED) is 0.797. The molecule has 5 nitrogen and oxygen atoms in total. The second-order valence-electron chi connectivity index (χ2n) is 4.22. The van der Waals surface area contributed by atoms with Gasteiger partial charge in [-0.05, 0) is 24.6 Å². The van der Waals surface area contributed by atoms with Crippen molar-refractivity contribution in [1.82, 2.24) is 10.2 Å². The molecule has 0 aliphatic heterocycles. The molecule has 0 saturated heterocycles. The SMILES string of the molecule is CCN(CCO)C(=O)c1ccc(CNC(C)=O)cc1. The highest BCUT2D eigenvalue weighted by Gasteiger charge is 2.13.